The number of anilines is 1. The number of β-amino-alcohol motifs (C(OH)–C–C–N with tert-alkyl or cyclic N) is 1. The van der Waals surface area contributed by atoms with E-state index in [1.807, 2.05) is 64.4 Å². The number of thiazole rings is 2. The molecule has 8 rings (SSSR count). The second-order valence-corrected chi connectivity index (χ2v) is 21.4. The number of likely N-dealkylation sites (tertiary alicyclic amines) is 1. The van der Waals surface area contributed by atoms with Crippen LogP contribution in [0.4, 0.5) is 9.52 Å². The van der Waals surface area contributed by atoms with Gasteiger partial charge >= 0.3 is 0 Å². The van der Waals surface area contributed by atoms with Crippen molar-refractivity contribution in [2.45, 2.75) is 90.7 Å². The number of phenols is 1. The van der Waals surface area contributed by atoms with Gasteiger partial charge in [0.15, 0.2) is 5.13 Å². The molecule has 0 bridgehead atoms. The Morgan fingerprint density at radius 1 is 0.972 bits per heavy atom. The van der Waals surface area contributed by atoms with Gasteiger partial charge in [0.25, 0.3) is 11.8 Å². The van der Waals surface area contributed by atoms with Crippen molar-refractivity contribution in [2.24, 2.45) is 5.41 Å². The molecule has 5 aromatic rings. The minimum atomic E-state index is -1.35. The molecule has 0 radical (unpaired) electrons. The third kappa shape index (κ3) is 12.0. The average molecular weight is 1020 g/mol. The van der Waals surface area contributed by atoms with E-state index in [1.165, 1.54) is 27.3 Å². The SMILES string of the molecule is Cc1ncsc1-c1ccc(C(C)NC(=O)C2CC(O)CN2C(=O)C(NC(=O)CN2CCN(CCCC#Cc3cccc4c3C(=O)N(C(C(=O)Nc3nccs3)c3cc(F)ccc3O)C4)CC2)C(C)(C)C)cc1. The highest BCUT2D eigenvalue weighted by atomic mass is 32.1. The molecule has 378 valence electrons. The van der Waals surface area contributed by atoms with Crippen molar-refractivity contribution in [3.05, 3.63) is 117 Å². The largest absolute Gasteiger partial charge is 0.508 e. The fraction of sp³-hybridized carbons (Fsp3) is 0.415. The summed E-state index contributed by atoms with van der Waals surface area (Å²) in [7, 11) is 0. The molecule has 2 aromatic heterocycles. The quantitative estimate of drug-likeness (QED) is 0.0621. The predicted molar refractivity (Wildman–Crippen MR) is 273 cm³/mol. The summed E-state index contributed by atoms with van der Waals surface area (Å²) in [6.07, 6.45) is 2.05. The highest BCUT2D eigenvalue weighted by Crippen LogP contribution is 2.38. The Hall–Kier alpha value is -6.56. The maximum atomic E-state index is 14.5. The minimum absolute atomic E-state index is 0.0141. The number of carbonyl (C=O) groups excluding carboxylic acids is 5. The van der Waals surface area contributed by atoms with Gasteiger partial charge in [0.1, 0.15) is 29.7 Å². The lowest BCUT2D eigenvalue weighted by atomic mass is 9.85. The van der Waals surface area contributed by atoms with Crippen molar-refractivity contribution < 1.29 is 38.6 Å². The van der Waals surface area contributed by atoms with Crippen LogP contribution in [0.3, 0.4) is 0 Å². The number of nitrogens with zero attached hydrogens (tertiary/aromatic N) is 6. The minimum Gasteiger partial charge on any atom is -0.508 e. The molecule has 19 heteroatoms. The zero-order valence-electron chi connectivity index (χ0n) is 41.0. The van der Waals surface area contributed by atoms with Gasteiger partial charge in [-0.2, -0.15) is 0 Å². The van der Waals surface area contributed by atoms with Gasteiger partial charge in [0.2, 0.25) is 17.7 Å². The standard InChI is InChI=1S/C53H60FN9O7S2/c1-32(34-13-15-36(16-14-34)46-33(2)56-31-72-46)57-48(67)41-27-39(64)29-62(41)51(70)47(53(3,4)5)58-43(66)30-61-23-21-60(22-24-61)20-8-6-7-10-35-11-9-12-37-28-63(50(69)44(35)37)45(40-26-38(54)17-18-42(40)65)49(68)59-52-55-19-25-71-52/h9,11-19,25-26,31-32,39,41,45,47,64-65H,6,8,20-24,27-30H2,1-5H3,(H,57,67)(H,58,66)(H,55,59,68). The molecule has 16 nitrogen and oxygen atoms in total. The maximum absolute atomic E-state index is 14.5. The summed E-state index contributed by atoms with van der Waals surface area (Å²) in [6.45, 7) is 13.1. The van der Waals surface area contributed by atoms with E-state index in [2.05, 4.69) is 47.6 Å². The number of aromatic hydroxyl groups is 1. The molecule has 0 spiro atoms. The number of nitrogens with one attached hydrogen (secondary N) is 3. The van der Waals surface area contributed by atoms with Gasteiger partial charge in [-0.25, -0.2) is 14.4 Å². The molecule has 72 heavy (non-hydrogen) atoms. The van der Waals surface area contributed by atoms with E-state index in [-0.39, 0.29) is 55.2 Å². The Morgan fingerprint density at radius 2 is 1.72 bits per heavy atom. The van der Waals surface area contributed by atoms with Crippen molar-refractivity contribution in [1.82, 2.24) is 40.2 Å². The number of aliphatic hydroxyl groups excluding tert-OH is 1. The number of aryl methyl sites for hydroxylation is 1. The van der Waals surface area contributed by atoms with Crippen LogP contribution < -0.4 is 16.0 Å². The van der Waals surface area contributed by atoms with Crippen LogP contribution in [-0.2, 0) is 25.7 Å². The van der Waals surface area contributed by atoms with Gasteiger partial charge in [-0.1, -0.05) is 69.0 Å². The first-order valence-electron chi connectivity index (χ1n) is 24.1. The van der Waals surface area contributed by atoms with Crippen LogP contribution in [0.1, 0.15) is 97.3 Å². The predicted octanol–water partition coefficient (Wildman–Crippen LogP) is 5.87. The highest BCUT2D eigenvalue weighted by molar-refractivity contribution is 7.14. The summed E-state index contributed by atoms with van der Waals surface area (Å²) >= 11 is 2.76. The van der Waals surface area contributed by atoms with Crippen molar-refractivity contribution in [1.29, 1.82) is 0 Å². The van der Waals surface area contributed by atoms with E-state index >= 15 is 0 Å². The maximum Gasteiger partial charge on any atom is 0.256 e. The Morgan fingerprint density at radius 3 is 2.42 bits per heavy atom. The van der Waals surface area contributed by atoms with Gasteiger partial charge in [-0.05, 0) is 73.2 Å². The fourth-order valence-electron chi connectivity index (χ4n) is 9.50. The molecule has 5 N–H and O–H groups in total. The van der Waals surface area contributed by atoms with E-state index in [0.29, 0.717) is 41.3 Å². The molecule has 5 heterocycles. The Labute approximate surface area is 426 Å². The molecular weight excluding hydrogens is 958 g/mol. The van der Waals surface area contributed by atoms with Gasteiger partial charge in [-0.15, -0.1) is 22.7 Å². The van der Waals surface area contributed by atoms with E-state index in [4.69, 9.17) is 0 Å². The Bertz CT molecular complexity index is 2850. The molecule has 3 aliphatic rings. The highest BCUT2D eigenvalue weighted by Gasteiger charge is 2.45. The van der Waals surface area contributed by atoms with Crippen LogP contribution >= 0.6 is 22.7 Å². The second kappa shape index (κ2) is 22.5. The lowest BCUT2D eigenvalue weighted by Gasteiger charge is -2.37. The molecule has 2 saturated heterocycles. The fourth-order valence-corrected chi connectivity index (χ4v) is 10.8. The van der Waals surface area contributed by atoms with Crippen LogP contribution in [0.5, 0.6) is 5.75 Å². The molecular formula is C53H60FN9O7S2. The van der Waals surface area contributed by atoms with Crippen LogP contribution in [0.2, 0.25) is 0 Å². The summed E-state index contributed by atoms with van der Waals surface area (Å²) in [5.74, 6) is 3.20. The smallest absolute Gasteiger partial charge is 0.256 e. The van der Waals surface area contributed by atoms with E-state index in [0.717, 1.165) is 66.0 Å². The first-order valence-corrected chi connectivity index (χ1v) is 25.8. The third-order valence-corrected chi connectivity index (χ3v) is 15.0. The van der Waals surface area contributed by atoms with Crippen molar-refractivity contribution in [3.63, 3.8) is 0 Å². The summed E-state index contributed by atoms with van der Waals surface area (Å²) in [6, 6.07) is 13.0. The first kappa shape index (κ1) is 51.8. The van der Waals surface area contributed by atoms with Crippen molar-refractivity contribution in [3.8, 4) is 28.0 Å². The Balaban J connectivity index is 0.807. The number of carbonyl (C=O) groups is 5. The summed E-state index contributed by atoms with van der Waals surface area (Å²) in [4.78, 5) is 86.0. The topological polar surface area (TPSA) is 201 Å². The normalized spacial score (nSPS) is 18.5. The second-order valence-electron chi connectivity index (χ2n) is 19.6. The van der Waals surface area contributed by atoms with Crippen LogP contribution in [-0.4, -0.2) is 133 Å². The summed E-state index contributed by atoms with van der Waals surface area (Å²) in [5.41, 5.74) is 5.51. The number of fused-ring (bicyclic) bond motifs is 1. The summed E-state index contributed by atoms with van der Waals surface area (Å²) in [5, 5.41) is 32.1. The molecule has 3 aliphatic heterocycles. The number of phenolic OH excluding ortho intramolecular Hbond substituents is 1. The number of benzene rings is 3. The third-order valence-electron chi connectivity index (χ3n) is 13.4. The summed E-state index contributed by atoms with van der Waals surface area (Å²) < 4.78 is 14.5. The number of aromatic nitrogens is 2. The van der Waals surface area contributed by atoms with Crippen molar-refractivity contribution >= 4 is 57.3 Å². The average Bonchev–Trinajstić information content (AvgIpc) is 4.17. The van der Waals surface area contributed by atoms with Crippen LogP contribution in [0, 0.1) is 30.0 Å². The number of amides is 5. The monoisotopic (exact) mass is 1020 g/mol. The molecule has 0 aliphatic carbocycles. The lowest BCUT2D eigenvalue weighted by Crippen LogP contribution is -2.59. The van der Waals surface area contributed by atoms with E-state index < -0.39 is 53.2 Å². The first-order chi connectivity index (χ1) is 34.4. The van der Waals surface area contributed by atoms with Gasteiger partial charge in [0, 0.05) is 74.8 Å². The van der Waals surface area contributed by atoms with Gasteiger partial charge in [0.05, 0.1) is 40.3 Å². The number of aliphatic hydroxyl groups is 1. The zero-order chi connectivity index (χ0) is 51.3. The zero-order valence-corrected chi connectivity index (χ0v) is 42.6. The molecule has 5 amide bonds. The number of piperazine rings is 1. The molecule has 5 unspecified atom stereocenters. The number of hydrogen-bond donors (Lipinski definition) is 5. The van der Waals surface area contributed by atoms with Gasteiger partial charge < -0.3 is 35.5 Å². The van der Waals surface area contributed by atoms with E-state index in [1.54, 1.807) is 34.9 Å². The molecule has 3 aromatic carbocycles. The number of halogens is 1. The number of unbranched alkanes of at least 4 members (excludes halogenated alkanes) is 1. The molecule has 2 fully saturated rings. The van der Waals surface area contributed by atoms with Gasteiger partial charge in [-0.3, -0.25) is 34.2 Å². The number of rotatable bonds is 15. The molecule has 5 atom stereocenters. The lowest BCUT2D eigenvalue weighted by molar-refractivity contribution is -0.144. The van der Waals surface area contributed by atoms with E-state index in [9.17, 15) is 38.6 Å². The number of hydrogen-bond acceptors (Lipinski definition) is 13. The van der Waals surface area contributed by atoms with Crippen LogP contribution in [0.25, 0.3) is 10.4 Å². The molecule has 0 saturated carbocycles. The Kier molecular flexibility index (Phi) is 16.2. The van der Waals surface area contributed by atoms with Crippen LogP contribution in [0.15, 0.2) is 77.8 Å². The van der Waals surface area contributed by atoms with Crippen molar-refractivity contribution in [2.75, 3.05) is 51.1 Å².